The SMILES string of the molecule is c1ccc(-c2ccccc2-c2cccc(-c3ccc4c(c3)c3cccc5c3c3c(ccc6c7ccccc7n4c63)n5-c3ccccc3)c2)cc1. The summed E-state index contributed by atoms with van der Waals surface area (Å²) in [6.45, 7) is 0. The van der Waals surface area contributed by atoms with Crippen molar-refractivity contribution in [3.63, 3.8) is 0 Å². The predicted molar refractivity (Wildman–Crippen MR) is 212 cm³/mol. The van der Waals surface area contributed by atoms with Crippen molar-refractivity contribution in [3.8, 4) is 39.1 Å². The first-order chi connectivity index (χ1) is 24.8. The van der Waals surface area contributed by atoms with Crippen LogP contribution in [0.25, 0.3) is 99.0 Å². The Hall–Kier alpha value is -6.64. The maximum absolute atomic E-state index is 2.52. The molecule has 0 amide bonds. The fourth-order valence-electron chi connectivity index (χ4n) is 8.53. The number of hydrogen-bond acceptors (Lipinski definition) is 0. The Morgan fingerprint density at radius 2 is 0.880 bits per heavy atom. The first-order valence-corrected chi connectivity index (χ1v) is 17.3. The van der Waals surface area contributed by atoms with Crippen LogP contribution in [0.5, 0.6) is 0 Å². The molecule has 8 aromatic carbocycles. The van der Waals surface area contributed by atoms with E-state index in [1.54, 1.807) is 0 Å². The van der Waals surface area contributed by atoms with Crippen LogP contribution in [0.4, 0.5) is 0 Å². The molecule has 3 aromatic heterocycles. The predicted octanol–water partition coefficient (Wildman–Crippen LogP) is 12.9. The van der Waals surface area contributed by atoms with Gasteiger partial charge in [-0.25, -0.2) is 0 Å². The van der Waals surface area contributed by atoms with Gasteiger partial charge in [0.05, 0.1) is 27.6 Å². The summed E-state index contributed by atoms with van der Waals surface area (Å²) in [4.78, 5) is 0. The Bertz CT molecular complexity index is 3070. The molecule has 0 saturated carbocycles. The van der Waals surface area contributed by atoms with Crippen molar-refractivity contribution in [1.82, 2.24) is 8.97 Å². The van der Waals surface area contributed by atoms with Crippen LogP contribution in [-0.2, 0) is 0 Å². The van der Waals surface area contributed by atoms with Crippen molar-refractivity contribution in [2.45, 2.75) is 0 Å². The minimum Gasteiger partial charge on any atom is -0.309 e. The highest BCUT2D eigenvalue weighted by Crippen LogP contribution is 2.46. The van der Waals surface area contributed by atoms with E-state index in [1.807, 2.05) is 0 Å². The molecule has 0 fully saturated rings. The second kappa shape index (κ2) is 10.4. The molecule has 3 heterocycles. The molecule has 11 aromatic rings. The normalized spacial score (nSPS) is 12.0. The molecule has 2 nitrogen and oxygen atoms in total. The lowest BCUT2D eigenvalue weighted by atomic mass is 9.92. The van der Waals surface area contributed by atoms with Gasteiger partial charge in [-0.2, -0.15) is 0 Å². The third-order valence-corrected chi connectivity index (χ3v) is 10.6. The lowest BCUT2D eigenvalue weighted by Gasteiger charge is -2.12. The summed E-state index contributed by atoms with van der Waals surface area (Å²) in [5.41, 5.74) is 14.7. The minimum atomic E-state index is 1.17. The van der Waals surface area contributed by atoms with E-state index in [4.69, 9.17) is 0 Å². The summed E-state index contributed by atoms with van der Waals surface area (Å²) in [5, 5.41) is 7.70. The summed E-state index contributed by atoms with van der Waals surface area (Å²) >= 11 is 0. The van der Waals surface area contributed by atoms with Crippen LogP contribution < -0.4 is 0 Å². The smallest absolute Gasteiger partial charge is 0.0641 e. The summed E-state index contributed by atoms with van der Waals surface area (Å²) < 4.78 is 4.96. The molecule has 2 heteroatoms. The van der Waals surface area contributed by atoms with Crippen LogP contribution in [0.1, 0.15) is 0 Å². The van der Waals surface area contributed by atoms with Gasteiger partial charge < -0.3 is 8.97 Å². The topological polar surface area (TPSA) is 9.34 Å². The Labute approximate surface area is 289 Å². The zero-order chi connectivity index (χ0) is 32.8. The molecule has 232 valence electrons. The third kappa shape index (κ3) is 3.79. The molecule has 0 bridgehead atoms. The van der Waals surface area contributed by atoms with Crippen LogP contribution in [0.15, 0.2) is 182 Å². The first kappa shape index (κ1) is 27.3. The molecular weight excluding hydrogens is 605 g/mol. The molecule has 0 aliphatic rings. The standard InChI is InChI=1S/C48H30N2/c1-3-13-31(14-4-1)36-19-7-8-20-37(36)34-16-11-15-32(29-34)33-25-27-43-41(30-33)39-22-12-24-44-46(39)47-45(49(44)35-17-5-2-6-18-35)28-26-40-38-21-9-10-23-42(38)50(43)48(40)47/h1-30H. The van der Waals surface area contributed by atoms with E-state index < -0.39 is 0 Å². The van der Waals surface area contributed by atoms with Gasteiger partial charge in [0.1, 0.15) is 0 Å². The van der Waals surface area contributed by atoms with E-state index in [9.17, 15) is 0 Å². The summed E-state index contributed by atoms with van der Waals surface area (Å²) in [7, 11) is 0. The quantitative estimate of drug-likeness (QED) is 0.182. The molecule has 0 aliphatic carbocycles. The van der Waals surface area contributed by atoms with Gasteiger partial charge in [-0.3, -0.25) is 0 Å². The van der Waals surface area contributed by atoms with Crippen molar-refractivity contribution in [1.29, 1.82) is 0 Å². The van der Waals surface area contributed by atoms with Gasteiger partial charge in [0.2, 0.25) is 0 Å². The van der Waals surface area contributed by atoms with Crippen LogP contribution in [0.2, 0.25) is 0 Å². The minimum absolute atomic E-state index is 1.17. The van der Waals surface area contributed by atoms with Crippen LogP contribution in [0.3, 0.4) is 0 Å². The Morgan fingerprint density at radius 1 is 0.300 bits per heavy atom. The molecule has 0 aliphatic heterocycles. The fourth-order valence-corrected chi connectivity index (χ4v) is 8.53. The van der Waals surface area contributed by atoms with Gasteiger partial charge >= 0.3 is 0 Å². The molecular formula is C48H30N2. The summed E-state index contributed by atoms with van der Waals surface area (Å²) in [6, 6.07) is 66.6. The fraction of sp³-hybridized carbons (Fsp3) is 0. The van der Waals surface area contributed by atoms with E-state index in [2.05, 4.69) is 191 Å². The average Bonchev–Trinajstić information content (AvgIpc) is 3.67. The lowest BCUT2D eigenvalue weighted by Crippen LogP contribution is -1.93. The Kier molecular flexibility index (Phi) is 5.70. The number of benzene rings is 8. The van der Waals surface area contributed by atoms with E-state index >= 15 is 0 Å². The molecule has 0 unspecified atom stereocenters. The highest BCUT2D eigenvalue weighted by Gasteiger charge is 2.23. The lowest BCUT2D eigenvalue weighted by molar-refractivity contribution is 1.18. The van der Waals surface area contributed by atoms with E-state index in [0.717, 1.165) is 0 Å². The van der Waals surface area contributed by atoms with Crippen LogP contribution in [-0.4, -0.2) is 8.97 Å². The largest absolute Gasteiger partial charge is 0.309 e. The number of para-hydroxylation sites is 2. The molecule has 0 saturated heterocycles. The van der Waals surface area contributed by atoms with Gasteiger partial charge in [-0.1, -0.05) is 133 Å². The number of aromatic nitrogens is 2. The molecule has 50 heavy (non-hydrogen) atoms. The molecule has 0 radical (unpaired) electrons. The number of nitrogens with zero attached hydrogens (tertiary/aromatic N) is 2. The molecule has 0 N–H and O–H groups in total. The van der Waals surface area contributed by atoms with Crippen molar-refractivity contribution in [2.75, 3.05) is 0 Å². The Morgan fingerprint density at radius 3 is 1.74 bits per heavy atom. The first-order valence-electron chi connectivity index (χ1n) is 17.3. The van der Waals surface area contributed by atoms with Crippen molar-refractivity contribution in [3.05, 3.63) is 182 Å². The van der Waals surface area contributed by atoms with E-state index in [0.29, 0.717) is 0 Å². The molecule has 0 spiro atoms. The maximum Gasteiger partial charge on any atom is 0.0641 e. The number of fused-ring (bicyclic) bond motifs is 6. The van der Waals surface area contributed by atoms with Gasteiger partial charge in [0.25, 0.3) is 0 Å². The maximum atomic E-state index is 2.52. The monoisotopic (exact) mass is 634 g/mol. The molecule has 11 rings (SSSR count). The van der Waals surface area contributed by atoms with E-state index in [-0.39, 0.29) is 0 Å². The number of rotatable bonds is 4. The summed E-state index contributed by atoms with van der Waals surface area (Å²) in [5.74, 6) is 0. The van der Waals surface area contributed by atoms with Crippen LogP contribution >= 0.6 is 0 Å². The average molecular weight is 635 g/mol. The highest BCUT2D eigenvalue weighted by atomic mass is 15.0. The molecule has 0 atom stereocenters. The van der Waals surface area contributed by atoms with Gasteiger partial charge in [0, 0.05) is 32.6 Å². The van der Waals surface area contributed by atoms with Crippen LogP contribution in [0, 0.1) is 0 Å². The number of hydrogen-bond donors (Lipinski definition) is 0. The summed E-state index contributed by atoms with van der Waals surface area (Å²) in [6.07, 6.45) is 0. The van der Waals surface area contributed by atoms with Crippen molar-refractivity contribution < 1.29 is 0 Å². The second-order valence-corrected chi connectivity index (χ2v) is 13.3. The van der Waals surface area contributed by atoms with E-state index in [1.165, 1.54) is 99.0 Å². The van der Waals surface area contributed by atoms with Crippen molar-refractivity contribution in [2.24, 2.45) is 0 Å². The zero-order valence-corrected chi connectivity index (χ0v) is 27.2. The van der Waals surface area contributed by atoms with Gasteiger partial charge in [-0.15, -0.1) is 0 Å². The van der Waals surface area contributed by atoms with Crippen molar-refractivity contribution >= 4 is 59.9 Å². The zero-order valence-electron chi connectivity index (χ0n) is 27.2. The third-order valence-electron chi connectivity index (χ3n) is 10.6. The van der Waals surface area contributed by atoms with Gasteiger partial charge in [-0.05, 0) is 87.3 Å². The Balaban J connectivity index is 1.23. The van der Waals surface area contributed by atoms with Gasteiger partial charge in [0.15, 0.2) is 0 Å². The highest BCUT2D eigenvalue weighted by molar-refractivity contribution is 6.33. The second-order valence-electron chi connectivity index (χ2n) is 13.3.